The summed E-state index contributed by atoms with van der Waals surface area (Å²) in [6, 6.07) is 10.3. The topological polar surface area (TPSA) is 41.3 Å². The molecule has 0 fully saturated rings. The van der Waals surface area contributed by atoms with Crippen LogP contribution in [0.3, 0.4) is 0 Å². The van der Waals surface area contributed by atoms with E-state index in [1.165, 1.54) is 5.69 Å². The summed E-state index contributed by atoms with van der Waals surface area (Å²) in [7, 11) is 2.09. The van der Waals surface area contributed by atoms with Crippen molar-refractivity contribution in [2.45, 2.75) is 19.6 Å². The molecule has 0 aliphatic rings. The number of aliphatic hydroxyl groups excluding tert-OH is 1. The molecule has 0 amide bonds. The van der Waals surface area contributed by atoms with Gasteiger partial charge in [-0.1, -0.05) is 18.2 Å². The number of aryl methyl sites for hydroxylation is 1. The highest BCUT2D eigenvalue weighted by Crippen LogP contribution is 2.11. The Morgan fingerprint density at radius 1 is 1.28 bits per heavy atom. The van der Waals surface area contributed by atoms with Gasteiger partial charge in [0.05, 0.1) is 24.8 Å². The lowest BCUT2D eigenvalue weighted by Gasteiger charge is -2.19. The molecule has 0 unspecified atom stereocenters. The van der Waals surface area contributed by atoms with E-state index >= 15 is 0 Å². The highest BCUT2D eigenvalue weighted by Gasteiger charge is 2.02. The zero-order valence-corrected chi connectivity index (χ0v) is 10.7. The third-order valence-corrected chi connectivity index (χ3v) is 3.05. The lowest BCUT2D eigenvalue weighted by Crippen LogP contribution is -2.20. The van der Waals surface area contributed by atoms with Crippen molar-refractivity contribution in [3.8, 4) is 0 Å². The maximum Gasteiger partial charge on any atom is 0.0948 e. The van der Waals surface area contributed by atoms with Gasteiger partial charge in [-0.05, 0) is 18.6 Å². The first-order chi connectivity index (χ1) is 8.81. The Bertz CT molecular complexity index is 467. The molecule has 0 aliphatic carbocycles. The van der Waals surface area contributed by atoms with Crippen LogP contribution in [0.2, 0.25) is 0 Å². The van der Waals surface area contributed by atoms with Crippen molar-refractivity contribution in [2.24, 2.45) is 0 Å². The number of aliphatic hydroxyl groups is 1. The second kappa shape index (κ2) is 6.21. The number of imidazole rings is 1. The highest BCUT2D eigenvalue weighted by atomic mass is 16.3. The van der Waals surface area contributed by atoms with Crippen molar-refractivity contribution in [3.63, 3.8) is 0 Å². The summed E-state index contributed by atoms with van der Waals surface area (Å²) in [6.45, 7) is 1.91. The Hall–Kier alpha value is -1.81. The third kappa shape index (κ3) is 3.11. The molecule has 1 aromatic carbocycles. The molecule has 1 heterocycles. The molecular formula is C14H19N3O. The van der Waals surface area contributed by atoms with Crippen LogP contribution in [0, 0.1) is 0 Å². The predicted molar refractivity (Wildman–Crippen MR) is 72.5 cm³/mol. The largest absolute Gasteiger partial charge is 0.390 e. The van der Waals surface area contributed by atoms with Gasteiger partial charge in [0.2, 0.25) is 0 Å². The van der Waals surface area contributed by atoms with Crippen molar-refractivity contribution in [1.82, 2.24) is 9.55 Å². The van der Waals surface area contributed by atoms with Gasteiger partial charge in [-0.15, -0.1) is 0 Å². The van der Waals surface area contributed by atoms with Crippen molar-refractivity contribution < 1.29 is 5.11 Å². The summed E-state index contributed by atoms with van der Waals surface area (Å²) in [5, 5.41) is 9.12. The number of hydrogen-bond acceptors (Lipinski definition) is 3. The molecule has 18 heavy (non-hydrogen) atoms. The first kappa shape index (κ1) is 12.6. The van der Waals surface area contributed by atoms with Crippen LogP contribution in [0.1, 0.15) is 12.1 Å². The Labute approximate surface area is 108 Å². The van der Waals surface area contributed by atoms with Gasteiger partial charge in [0, 0.05) is 25.8 Å². The quantitative estimate of drug-likeness (QED) is 0.845. The SMILES string of the molecule is CN(CCCn1cncc1CO)c1ccccc1. The van der Waals surface area contributed by atoms with Crippen molar-refractivity contribution in [3.05, 3.63) is 48.5 Å². The second-order valence-corrected chi connectivity index (χ2v) is 4.35. The van der Waals surface area contributed by atoms with Crippen LogP contribution in [0.15, 0.2) is 42.9 Å². The standard InChI is InChI=1S/C14H19N3O/c1-16(13-6-3-2-4-7-13)8-5-9-17-12-15-10-14(17)11-18/h2-4,6-7,10,12,18H,5,8-9,11H2,1H3. The van der Waals surface area contributed by atoms with Gasteiger partial charge in [-0.2, -0.15) is 0 Å². The fourth-order valence-corrected chi connectivity index (χ4v) is 1.97. The van der Waals surface area contributed by atoms with E-state index in [1.807, 2.05) is 22.8 Å². The molecule has 0 bridgehead atoms. The van der Waals surface area contributed by atoms with Crippen LogP contribution < -0.4 is 4.90 Å². The third-order valence-electron chi connectivity index (χ3n) is 3.05. The van der Waals surface area contributed by atoms with Crippen LogP contribution in [0.5, 0.6) is 0 Å². The van der Waals surface area contributed by atoms with Gasteiger partial charge in [-0.25, -0.2) is 4.98 Å². The zero-order chi connectivity index (χ0) is 12.8. The smallest absolute Gasteiger partial charge is 0.0948 e. The summed E-state index contributed by atoms with van der Waals surface area (Å²) < 4.78 is 2.00. The molecule has 0 radical (unpaired) electrons. The fourth-order valence-electron chi connectivity index (χ4n) is 1.97. The van der Waals surface area contributed by atoms with Crippen LogP contribution in [-0.2, 0) is 13.2 Å². The van der Waals surface area contributed by atoms with Gasteiger partial charge in [0.1, 0.15) is 0 Å². The second-order valence-electron chi connectivity index (χ2n) is 4.35. The Morgan fingerprint density at radius 3 is 2.78 bits per heavy atom. The molecule has 0 saturated heterocycles. The predicted octanol–water partition coefficient (Wildman–Crippen LogP) is 1.90. The zero-order valence-electron chi connectivity index (χ0n) is 10.7. The number of anilines is 1. The van der Waals surface area contributed by atoms with Gasteiger partial charge in [0.25, 0.3) is 0 Å². The molecule has 2 rings (SSSR count). The Morgan fingerprint density at radius 2 is 2.06 bits per heavy atom. The number of rotatable bonds is 6. The Kier molecular flexibility index (Phi) is 4.36. The van der Waals surface area contributed by atoms with Crippen LogP contribution in [0.4, 0.5) is 5.69 Å². The maximum absolute atomic E-state index is 9.12. The molecule has 96 valence electrons. The molecule has 0 atom stereocenters. The van der Waals surface area contributed by atoms with Crippen molar-refractivity contribution in [2.75, 3.05) is 18.5 Å². The average molecular weight is 245 g/mol. The minimum absolute atomic E-state index is 0.0501. The molecule has 0 aliphatic heterocycles. The van der Waals surface area contributed by atoms with E-state index in [0.717, 1.165) is 25.2 Å². The van der Waals surface area contributed by atoms with Crippen molar-refractivity contribution >= 4 is 5.69 Å². The Balaban J connectivity index is 1.82. The maximum atomic E-state index is 9.12. The summed E-state index contributed by atoms with van der Waals surface area (Å²) in [4.78, 5) is 6.27. The fraction of sp³-hybridized carbons (Fsp3) is 0.357. The molecule has 4 nitrogen and oxygen atoms in total. The summed E-state index contributed by atoms with van der Waals surface area (Å²) in [6.07, 6.45) is 4.50. The number of aromatic nitrogens is 2. The van der Waals surface area contributed by atoms with E-state index in [2.05, 4.69) is 29.1 Å². The normalized spacial score (nSPS) is 10.6. The van der Waals surface area contributed by atoms with Crippen LogP contribution in [-0.4, -0.2) is 28.3 Å². The highest BCUT2D eigenvalue weighted by molar-refractivity contribution is 5.44. The van der Waals surface area contributed by atoms with Crippen LogP contribution in [0.25, 0.3) is 0 Å². The minimum Gasteiger partial charge on any atom is -0.390 e. The first-order valence-corrected chi connectivity index (χ1v) is 6.17. The van der Waals surface area contributed by atoms with E-state index in [9.17, 15) is 0 Å². The molecule has 0 saturated carbocycles. The van der Waals surface area contributed by atoms with E-state index < -0.39 is 0 Å². The minimum atomic E-state index is 0.0501. The number of nitrogens with zero attached hydrogens (tertiary/aromatic N) is 3. The van der Waals surface area contributed by atoms with E-state index in [1.54, 1.807) is 12.5 Å². The summed E-state index contributed by atoms with van der Waals surface area (Å²) in [5.74, 6) is 0. The summed E-state index contributed by atoms with van der Waals surface area (Å²) in [5.41, 5.74) is 2.10. The van der Waals surface area contributed by atoms with E-state index in [-0.39, 0.29) is 6.61 Å². The van der Waals surface area contributed by atoms with E-state index in [4.69, 9.17) is 5.11 Å². The lowest BCUT2D eigenvalue weighted by atomic mass is 10.3. The van der Waals surface area contributed by atoms with Gasteiger partial charge in [0.15, 0.2) is 0 Å². The van der Waals surface area contributed by atoms with Crippen molar-refractivity contribution in [1.29, 1.82) is 0 Å². The van der Waals surface area contributed by atoms with Gasteiger partial charge >= 0.3 is 0 Å². The van der Waals surface area contributed by atoms with Crippen LogP contribution >= 0.6 is 0 Å². The monoisotopic (exact) mass is 245 g/mol. The molecule has 1 N–H and O–H groups in total. The average Bonchev–Trinajstić information content (AvgIpc) is 2.87. The summed E-state index contributed by atoms with van der Waals surface area (Å²) >= 11 is 0. The van der Waals surface area contributed by atoms with E-state index in [0.29, 0.717) is 0 Å². The number of para-hydroxylation sites is 1. The van der Waals surface area contributed by atoms with Gasteiger partial charge < -0.3 is 14.6 Å². The first-order valence-electron chi connectivity index (χ1n) is 6.17. The number of benzene rings is 1. The van der Waals surface area contributed by atoms with Gasteiger partial charge in [-0.3, -0.25) is 0 Å². The molecule has 2 aromatic rings. The molecular weight excluding hydrogens is 226 g/mol. The molecule has 1 aromatic heterocycles. The molecule has 0 spiro atoms. The number of hydrogen-bond donors (Lipinski definition) is 1. The molecule has 4 heteroatoms. The lowest BCUT2D eigenvalue weighted by molar-refractivity contribution is 0.270.